The van der Waals surface area contributed by atoms with Crippen LogP contribution in [-0.4, -0.2) is 18.7 Å². The Hall–Kier alpha value is -2.86. The minimum atomic E-state index is 0.0367. The number of ether oxygens (including phenoxy) is 1. The lowest BCUT2D eigenvalue weighted by Crippen LogP contribution is -1.98. The van der Waals surface area contributed by atoms with Gasteiger partial charge in [-0.1, -0.05) is 24.0 Å². The molecule has 0 unspecified atom stereocenters. The van der Waals surface area contributed by atoms with E-state index in [1.807, 2.05) is 12.1 Å². The van der Waals surface area contributed by atoms with Gasteiger partial charge in [-0.3, -0.25) is 9.59 Å². The van der Waals surface area contributed by atoms with E-state index in [2.05, 4.69) is 11.8 Å². The van der Waals surface area contributed by atoms with Gasteiger partial charge in [0, 0.05) is 29.5 Å². The topological polar surface area (TPSA) is 43.4 Å². The zero-order valence-electron chi connectivity index (χ0n) is 13.3. The van der Waals surface area contributed by atoms with Gasteiger partial charge in [-0.05, 0) is 43.3 Å². The number of rotatable bonds is 5. The predicted octanol–water partition coefficient (Wildman–Crippen LogP) is 3.91. The van der Waals surface area contributed by atoms with Crippen LogP contribution in [0.5, 0.6) is 5.75 Å². The summed E-state index contributed by atoms with van der Waals surface area (Å²) < 4.78 is 5.06. The Balaban J connectivity index is 1.89. The largest absolute Gasteiger partial charge is 0.497 e. The van der Waals surface area contributed by atoms with Crippen molar-refractivity contribution in [3.05, 3.63) is 65.2 Å². The first-order valence-electron chi connectivity index (χ1n) is 7.37. The van der Waals surface area contributed by atoms with Crippen LogP contribution in [0.15, 0.2) is 48.5 Å². The van der Waals surface area contributed by atoms with E-state index >= 15 is 0 Å². The molecular formula is C20H18O3. The van der Waals surface area contributed by atoms with Crippen molar-refractivity contribution in [2.45, 2.75) is 19.8 Å². The molecule has 0 spiro atoms. The number of carbonyl (C=O) groups excluding carboxylic acids is 2. The molecule has 2 rings (SSSR count). The molecule has 0 fully saturated rings. The minimum absolute atomic E-state index is 0.0367. The first-order chi connectivity index (χ1) is 11.1. The molecule has 116 valence electrons. The van der Waals surface area contributed by atoms with Crippen LogP contribution < -0.4 is 4.74 Å². The second-order valence-corrected chi connectivity index (χ2v) is 5.09. The average molecular weight is 306 g/mol. The summed E-state index contributed by atoms with van der Waals surface area (Å²) in [5, 5.41) is 0. The average Bonchev–Trinajstić information content (AvgIpc) is 2.59. The van der Waals surface area contributed by atoms with E-state index in [1.54, 1.807) is 43.5 Å². The van der Waals surface area contributed by atoms with E-state index in [-0.39, 0.29) is 11.6 Å². The van der Waals surface area contributed by atoms with Gasteiger partial charge in [-0.15, -0.1) is 0 Å². The molecule has 0 heterocycles. The molecular weight excluding hydrogens is 288 g/mol. The maximum absolute atomic E-state index is 12.0. The van der Waals surface area contributed by atoms with Gasteiger partial charge >= 0.3 is 0 Å². The summed E-state index contributed by atoms with van der Waals surface area (Å²) >= 11 is 0. The summed E-state index contributed by atoms with van der Waals surface area (Å²) in [6, 6.07) is 14.2. The Kier molecular flexibility index (Phi) is 5.71. The molecule has 0 aromatic heterocycles. The highest BCUT2D eigenvalue weighted by Gasteiger charge is 2.04. The van der Waals surface area contributed by atoms with E-state index in [4.69, 9.17) is 4.74 Å². The summed E-state index contributed by atoms with van der Waals surface area (Å²) in [4.78, 5) is 23.2. The molecule has 2 aromatic carbocycles. The lowest BCUT2D eigenvalue weighted by atomic mass is 10.1. The Morgan fingerprint density at radius 3 is 2.13 bits per heavy atom. The molecule has 0 N–H and O–H groups in total. The number of benzene rings is 2. The van der Waals surface area contributed by atoms with Gasteiger partial charge in [0.05, 0.1) is 7.11 Å². The molecule has 0 radical (unpaired) electrons. The molecule has 2 aromatic rings. The number of hydrogen-bond donors (Lipinski definition) is 0. The highest BCUT2D eigenvalue weighted by atomic mass is 16.5. The van der Waals surface area contributed by atoms with Crippen LogP contribution in [0.4, 0.5) is 0 Å². The van der Waals surface area contributed by atoms with Gasteiger partial charge < -0.3 is 4.74 Å². The number of methoxy groups -OCH3 is 1. The van der Waals surface area contributed by atoms with E-state index < -0.39 is 0 Å². The molecule has 3 nitrogen and oxygen atoms in total. The second-order valence-electron chi connectivity index (χ2n) is 5.09. The molecule has 0 aliphatic carbocycles. The van der Waals surface area contributed by atoms with E-state index in [1.165, 1.54) is 6.92 Å². The van der Waals surface area contributed by atoms with Crippen LogP contribution >= 0.6 is 0 Å². The van der Waals surface area contributed by atoms with Gasteiger partial charge in [0.15, 0.2) is 11.6 Å². The second kappa shape index (κ2) is 7.95. The molecule has 3 heteroatoms. The Morgan fingerprint density at radius 2 is 1.57 bits per heavy atom. The SMILES string of the molecule is COc1ccc(C(=O)CCC#Cc2ccc(C(C)=O)cc2)cc1. The summed E-state index contributed by atoms with van der Waals surface area (Å²) in [6.07, 6.45) is 0.879. The van der Waals surface area contributed by atoms with Crippen LogP contribution in [0.25, 0.3) is 0 Å². The fraction of sp³-hybridized carbons (Fsp3) is 0.200. The van der Waals surface area contributed by atoms with Crippen LogP contribution in [-0.2, 0) is 0 Å². The van der Waals surface area contributed by atoms with Crippen LogP contribution in [0.3, 0.4) is 0 Å². The van der Waals surface area contributed by atoms with Crippen LogP contribution in [0, 0.1) is 11.8 Å². The summed E-state index contributed by atoms with van der Waals surface area (Å²) in [5.41, 5.74) is 2.18. The van der Waals surface area contributed by atoms with E-state index in [0.717, 1.165) is 11.3 Å². The molecule has 0 aliphatic heterocycles. The van der Waals surface area contributed by atoms with Gasteiger partial charge in [0.1, 0.15) is 5.75 Å². The van der Waals surface area contributed by atoms with E-state index in [0.29, 0.717) is 24.0 Å². The number of Topliss-reactive ketones (excluding diaryl/α,β-unsaturated/α-hetero) is 2. The zero-order chi connectivity index (χ0) is 16.7. The maximum Gasteiger partial charge on any atom is 0.163 e. The molecule has 0 aliphatic rings. The summed E-state index contributed by atoms with van der Waals surface area (Å²) in [7, 11) is 1.59. The predicted molar refractivity (Wildman–Crippen MR) is 89.9 cm³/mol. The standard InChI is InChI=1S/C20H18O3/c1-15(21)17-9-7-16(8-10-17)5-3-4-6-20(22)18-11-13-19(23-2)14-12-18/h7-14H,4,6H2,1-2H3. The van der Waals surface area contributed by atoms with Gasteiger partial charge in [0.2, 0.25) is 0 Å². The van der Waals surface area contributed by atoms with Crippen molar-refractivity contribution in [1.82, 2.24) is 0 Å². The van der Waals surface area contributed by atoms with Crippen molar-refractivity contribution in [3.8, 4) is 17.6 Å². The van der Waals surface area contributed by atoms with Gasteiger partial charge in [-0.2, -0.15) is 0 Å². The lowest BCUT2D eigenvalue weighted by molar-refractivity contribution is 0.0982. The van der Waals surface area contributed by atoms with Crippen molar-refractivity contribution in [1.29, 1.82) is 0 Å². The minimum Gasteiger partial charge on any atom is -0.497 e. The smallest absolute Gasteiger partial charge is 0.163 e. The highest BCUT2D eigenvalue weighted by molar-refractivity contribution is 5.96. The van der Waals surface area contributed by atoms with Crippen LogP contribution in [0.2, 0.25) is 0 Å². The van der Waals surface area contributed by atoms with Crippen molar-refractivity contribution >= 4 is 11.6 Å². The summed E-state index contributed by atoms with van der Waals surface area (Å²) in [6.45, 7) is 1.53. The maximum atomic E-state index is 12.0. The summed E-state index contributed by atoms with van der Waals surface area (Å²) in [5.74, 6) is 6.83. The Labute approximate surface area is 136 Å². The molecule has 0 atom stereocenters. The lowest BCUT2D eigenvalue weighted by Gasteiger charge is -2.01. The number of hydrogen-bond acceptors (Lipinski definition) is 3. The van der Waals surface area contributed by atoms with Gasteiger partial charge in [0.25, 0.3) is 0 Å². The Bertz CT molecular complexity index is 744. The third kappa shape index (κ3) is 4.82. The van der Waals surface area contributed by atoms with Crippen molar-refractivity contribution in [2.24, 2.45) is 0 Å². The first-order valence-corrected chi connectivity index (χ1v) is 7.37. The molecule has 0 bridgehead atoms. The fourth-order valence-corrected chi connectivity index (χ4v) is 2.05. The molecule has 23 heavy (non-hydrogen) atoms. The molecule has 0 saturated heterocycles. The third-order valence-corrected chi connectivity index (χ3v) is 3.41. The third-order valence-electron chi connectivity index (χ3n) is 3.41. The van der Waals surface area contributed by atoms with Crippen molar-refractivity contribution in [2.75, 3.05) is 7.11 Å². The zero-order valence-corrected chi connectivity index (χ0v) is 13.3. The first kappa shape index (κ1) is 16.5. The normalized spacial score (nSPS) is 9.65. The fourth-order valence-electron chi connectivity index (χ4n) is 2.05. The highest BCUT2D eigenvalue weighted by Crippen LogP contribution is 2.13. The van der Waals surface area contributed by atoms with Crippen LogP contribution in [0.1, 0.15) is 46.0 Å². The molecule has 0 amide bonds. The number of carbonyl (C=O) groups is 2. The Morgan fingerprint density at radius 1 is 0.957 bits per heavy atom. The van der Waals surface area contributed by atoms with E-state index in [9.17, 15) is 9.59 Å². The quantitative estimate of drug-likeness (QED) is 0.621. The van der Waals surface area contributed by atoms with Crippen molar-refractivity contribution < 1.29 is 14.3 Å². The monoisotopic (exact) mass is 306 g/mol. The molecule has 0 saturated carbocycles. The van der Waals surface area contributed by atoms with Crippen molar-refractivity contribution in [3.63, 3.8) is 0 Å². The van der Waals surface area contributed by atoms with Gasteiger partial charge in [-0.25, -0.2) is 0 Å². The number of ketones is 2.